The van der Waals surface area contributed by atoms with Gasteiger partial charge in [-0.3, -0.25) is 0 Å². The summed E-state index contributed by atoms with van der Waals surface area (Å²) in [5, 5.41) is 3.79. The van der Waals surface area contributed by atoms with Crippen LogP contribution in [0.15, 0.2) is 24.3 Å². The molecule has 1 aromatic carbocycles. The largest absolute Gasteiger partial charge is 0.496 e. The van der Waals surface area contributed by atoms with Crippen LogP contribution in [0.2, 0.25) is 0 Å². The lowest BCUT2D eigenvalue weighted by Gasteiger charge is -2.37. The van der Waals surface area contributed by atoms with Crippen molar-refractivity contribution in [2.75, 3.05) is 13.7 Å². The lowest BCUT2D eigenvalue weighted by molar-refractivity contribution is -0.0643. The highest BCUT2D eigenvalue weighted by molar-refractivity contribution is 5.35. The zero-order valence-electron chi connectivity index (χ0n) is 13.1. The Bertz CT molecular complexity index is 431. The highest BCUT2D eigenvalue weighted by Crippen LogP contribution is 2.30. The van der Waals surface area contributed by atoms with E-state index in [1.54, 1.807) is 7.11 Å². The molecule has 1 N–H and O–H groups in total. The number of hydrogen-bond acceptors (Lipinski definition) is 3. The predicted octanol–water partition coefficient (Wildman–Crippen LogP) is 3.69. The van der Waals surface area contributed by atoms with E-state index in [2.05, 4.69) is 38.2 Å². The molecule has 3 heteroatoms. The van der Waals surface area contributed by atoms with Gasteiger partial charge in [0, 0.05) is 24.3 Å². The van der Waals surface area contributed by atoms with Gasteiger partial charge in [0.05, 0.1) is 12.7 Å². The van der Waals surface area contributed by atoms with Gasteiger partial charge in [-0.1, -0.05) is 25.1 Å². The molecule has 0 saturated carbocycles. The Morgan fingerprint density at radius 2 is 2.15 bits per heavy atom. The first kappa shape index (κ1) is 15.3. The van der Waals surface area contributed by atoms with Gasteiger partial charge in [-0.25, -0.2) is 0 Å². The maximum atomic E-state index is 5.80. The normalized spacial score (nSPS) is 23.3. The second-order valence-electron chi connectivity index (χ2n) is 6.17. The number of methoxy groups -OCH3 is 1. The van der Waals surface area contributed by atoms with Crippen molar-refractivity contribution in [1.82, 2.24) is 5.32 Å². The molecule has 1 fully saturated rings. The third-order valence-electron chi connectivity index (χ3n) is 4.06. The SMILES string of the molecule is CCC(NC1CCOC(C)(C)C1)c1ccccc1OC. The lowest BCUT2D eigenvalue weighted by Crippen LogP contribution is -2.44. The minimum atomic E-state index is -0.0189. The van der Waals surface area contributed by atoms with Crippen molar-refractivity contribution in [2.24, 2.45) is 0 Å². The molecule has 2 atom stereocenters. The maximum absolute atomic E-state index is 5.80. The third kappa shape index (κ3) is 3.74. The van der Waals surface area contributed by atoms with Gasteiger partial charge in [0.2, 0.25) is 0 Å². The summed E-state index contributed by atoms with van der Waals surface area (Å²) in [5.41, 5.74) is 1.23. The second kappa shape index (κ2) is 6.59. The van der Waals surface area contributed by atoms with E-state index in [1.165, 1.54) is 5.56 Å². The zero-order valence-corrected chi connectivity index (χ0v) is 13.1. The minimum Gasteiger partial charge on any atom is -0.496 e. The summed E-state index contributed by atoms with van der Waals surface area (Å²) >= 11 is 0. The number of para-hydroxylation sites is 1. The summed E-state index contributed by atoms with van der Waals surface area (Å²) in [6, 6.07) is 9.14. The van der Waals surface area contributed by atoms with E-state index >= 15 is 0 Å². The third-order valence-corrected chi connectivity index (χ3v) is 4.06. The van der Waals surface area contributed by atoms with Gasteiger partial charge in [-0.05, 0) is 39.2 Å². The molecule has 2 rings (SSSR count). The van der Waals surface area contributed by atoms with E-state index in [0.717, 1.165) is 31.6 Å². The van der Waals surface area contributed by atoms with E-state index in [1.807, 2.05) is 12.1 Å². The molecule has 112 valence electrons. The monoisotopic (exact) mass is 277 g/mol. The standard InChI is InChI=1S/C17H27NO2/c1-5-15(14-8-6-7-9-16(14)19-4)18-13-10-11-20-17(2,3)12-13/h6-9,13,15,18H,5,10-12H2,1-4H3. The molecule has 1 saturated heterocycles. The van der Waals surface area contributed by atoms with Crippen LogP contribution in [0.4, 0.5) is 0 Å². The lowest BCUT2D eigenvalue weighted by atomic mass is 9.92. The molecule has 0 aromatic heterocycles. The van der Waals surface area contributed by atoms with Crippen LogP contribution in [0.5, 0.6) is 5.75 Å². The number of ether oxygens (including phenoxy) is 2. The second-order valence-corrected chi connectivity index (χ2v) is 6.17. The summed E-state index contributed by atoms with van der Waals surface area (Å²) in [6.45, 7) is 7.40. The van der Waals surface area contributed by atoms with Crippen molar-refractivity contribution in [3.05, 3.63) is 29.8 Å². The van der Waals surface area contributed by atoms with Gasteiger partial charge in [-0.15, -0.1) is 0 Å². The Kier molecular flexibility index (Phi) is 5.06. The summed E-state index contributed by atoms with van der Waals surface area (Å²) in [4.78, 5) is 0. The van der Waals surface area contributed by atoms with Crippen LogP contribution in [-0.2, 0) is 4.74 Å². The molecule has 2 unspecified atom stereocenters. The molecule has 1 aliphatic rings. The van der Waals surface area contributed by atoms with E-state index in [9.17, 15) is 0 Å². The van der Waals surface area contributed by atoms with Crippen LogP contribution in [-0.4, -0.2) is 25.4 Å². The van der Waals surface area contributed by atoms with Crippen LogP contribution < -0.4 is 10.1 Å². The molecule has 20 heavy (non-hydrogen) atoms. The van der Waals surface area contributed by atoms with Crippen molar-refractivity contribution in [3.8, 4) is 5.75 Å². The molecule has 3 nitrogen and oxygen atoms in total. The fourth-order valence-corrected chi connectivity index (χ4v) is 3.04. The molecule has 0 bridgehead atoms. The van der Waals surface area contributed by atoms with Crippen LogP contribution in [0, 0.1) is 0 Å². The van der Waals surface area contributed by atoms with Crippen LogP contribution in [0.25, 0.3) is 0 Å². The Morgan fingerprint density at radius 3 is 2.80 bits per heavy atom. The first-order valence-electron chi connectivity index (χ1n) is 7.58. The van der Waals surface area contributed by atoms with Crippen molar-refractivity contribution in [1.29, 1.82) is 0 Å². The van der Waals surface area contributed by atoms with Crippen LogP contribution >= 0.6 is 0 Å². The fourth-order valence-electron chi connectivity index (χ4n) is 3.04. The minimum absolute atomic E-state index is 0.0189. The number of nitrogens with one attached hydrogen (secondary N) is 1. The molecule has 1 aliphatic heterocycles. The van der Waals surface area contributed by atoms with E-state index in [-0.39, 0.29) is 5.60 Å². The molecule has 0 spiro atoms. The Hall–Kier alpha value is -1.06. The van der Waals surface area contributed by atoms with Crippen LogP contribution in [0.1, 0.15) is 51.6 Å². The average Bonchev–Trinajstić information content (AvgIpc) is 2.44. The van der Waals surface area contributed by atoms with E-state index in [4.69, 9.17) is 9.47 Å². The Balaban J connectivity index is 2.09. The molecule has 1 aromatic rings. The van der Waals surface area contributed by atoms with Gasteiger partial charge in [0.25, 0.3) is 0 Å². The molecular formula is C17H27NO2. The van der Waals surface area contributed by atoms with Gasteiger partial charge < -0.3 is 14.8 Å². The number of rotatable bonds is 5. The smallest absolute Gasteiger partial charge is 0.123 e. The van der Waals surface area contributed by atoms with Gasteiger partial charge in [0.15, 0.2) is 0 Å². The van der Waals surface area contributed by atoms with Crippen LogP contribution in [0.3, 0.4) is 0 Å². The highest BCUT2D eigenvalue weighted by Gasteiger charge is 2.30. The number of benzene rings is 1. The molecule has 0 amide bonds. The molecule has 1 heterocycles. The van der Waals surface area contributed by atoms with Crippen molar-refractivity contribution >= 4 is 0 Å². The van der Waals surface area contributed by atoms with E-state index < -0.39 is 0 Å². The Labute approximate surface area is 122 Å². The van der Waals surface area contributed by atoms with Crippen molar-refractivity contribution < 1.29 is 9.47 Å². The molecule has 0 radical (unpaired) electrons. The van der Waals surface area contributed by atoms with Gasteiger partial charge in [0.1, 0.15) is 5.75 Å². The zero-order chi connectivity index (χ0) is 14.6. The van der Waals surface area contributed by atoms with E-state index in [0.29, 0.717) is 12.1 Å². The molecular weight excluding hydrogens is 250 g/mol. The maximum Gasteiger partial charge on any atom is 0.123 e. The summed E-state index contributed by atoms with van der Waals surface area (Å²) in [7, 11) is 1.74. The molecule has 0 aliphatic carbocycles. The topological polar surface area (TPSA) is 30.5 Å². The average molecular weight is 277 g/mol. The number of hydrogen-bond donors (Lipinski definition) is 1. The Morgan fingerprint density at radius 1 is 1.40 bits per heavy atom. The first-order valence-corrected chi connectivity index (χ1v) is 7.58. The summed E-state index contributed by atoms with van der Waals surface area (Å²) in [6.07, 6.45) is 3.19. The predicted molar refractivity (Wildman–Crippen MR) is 82.2 cm³/mol. The summed E-state index contributed by atoms with van der Waals surface area (Å²) in [5.74, 6) is 0.971. The quantitative estimate of drug-likeness (QED) is 0.890. The van der Waals surface area contributed by atoms with Crippen molar-refractivity contribution in [3.63, 3.8) is 0 Å². The summed E-state index contributed by atoms with van der Waals surface area (Å²) < 4.78 is 11.3. The van der Waals surface area contributed by atoms with Gasteiger partial charge in [-0.2, -0.15) is 0 Å². The van der Waals surface area contributed by atoms with Gasteiger partial charge >= 0.3 is 0 Å². The van der Waals surface area contributed by atoms with Crippen molar-refractivity contribution in [2.45, 2.75) is 57.7 Å². The first-order chi connectivity index (χ1) is 9.55. The fraction of sp³-hybridized carbons (Fsp3) is 0.647. The highest BCUT2D eigenvalue weighted by atomic mass is 16.5.